The van der Waals surface area contributed by atoms with Gasteiger partial charge in [-0.2, -0.15) is 10.5 Å². The molecular formula is C11H16N4O4. The second kappa shape index (κ2) is 8.86. The van der Waals surface area contributed by atoms with Gasteiger partial charge in [0.25, 0.3) is 0 Å². The van der Waals surface area contributed by atoms with E-state index in [0.717, 1.165) is 0 Å². The molecule has 0 aromatic carbocycles. The quantitative estimate of drug-likeness (QED) is 0.520. The maximum Gasteiger partial charge on any atom is 0.317 e. The topological polar surface area (TPSA) is 129 Å². The lowest BCUT2D eigenvalue weighted by Crippen LogP contribution is -2.46. The predicted molar refractivity (Wildman–Crippen MR) is 64.0 cm³/mol. The summed E-state index contributed by atoms with van der Waals surface area (Å²) in [4.78, 5) is 24.1. The van der Waals surface area contributed by atoms with Crippen LogP contribution in [-0.2, 0) is 9.59 Å². The second-order valence-corrected chi connectivity index (χ2v) is 4.03. The van der Waals surface area contributed by atoms with Crippen molar-refractivity contribution < 1.29 is 19.8 Å². The number of hydrogen-bond donors (Lipinski definition) is 2. The molecule has 2 N–H and O–H groups in total. The molecule has 0 saturated heterocycles. The summed E-state index contributed by atoms with van der Waals surface area (Å²) < 4.78 is 0. The van der Waals surface area contributed by atoms with Crippen molar-refractivity contribution in [1.82, 2.24) is 9.80 Å². The molecule has 0 radical (unpaired) electrons. The number of nitrogens with zero attached hydrogens (tertiary/aromatic N) is 4. The first-order chi connectivity index (χ1) is 8.90. The van der Waals surface area contributed by atoms with Crippen molar-refractivity contribution in [2.75, 3.05) is 32.7 Å². The van der Waals surface area contributed by atoms with Crippen molar-refractivity contribution in [3.63, 3.8) is 0 Å². The molecule has 0 bridgehead atoms. The van der Waals surface area contributed by atoms with Gasteiger partial charge in [0.05, 0.1) is 38.3 Å². The zero-order valence-electron chi connectivity index (χ0n) is 10.6. The molecule has 1 atom stereocenters. The Labute approximate surface area is 111 Å². The van der Waals surface area contributed by atoms with Crippen LogP contribution in [0.5, 0.6) is 0 Å². The highest BCUT2D eigenvalue weighted by Crippen LogP contribution is 2.02. The summed E-state index contributed by atoms with van der Waals surface area (Å²) in [5, 5.41) is 34.7. The minimum Gasteiger partial charge on any atom is -0.480 e. The van der Waals surface area contributed by atoms with Gasteiger partial charge in [0.2, 0.25) is 0 Å². The van der Waals surface area contributed by atoms with Crippen LogP contribution in [0, 0.1) is 22.7 Å². The van der Waals surface area contributed by atoms with Crippen LogP contribution in [0.25, 0.3) is 0 Å². The molecule has 104 valence electrons. The average molecular weight is 268 g/mol. The summed E-state index contributed by atoms with van der Waals surface area (Å²) in [5.41, 5.74) is 0. The van der Waals surface area contributed by atoms with Crippen LogP contribution >= 0.6 is 0 Å². The van der Waals surface area contributed by atoms with E-state index in [1.165, 1.54) is 9.80 Å². The molecule has 0 aromatic heterocycles. The third kappa shape index (κ3) is 7.71. The Morgan fingerprint density at radius 1 is 1.11 bits per heavy atom. The van der Waals surface area contributed by atoms with Gasteiger partial charge in [-0.1, -0.05) is 0 Å². The predicted octanol–water partition coefficient (Wildman–Crippen LogP) is -0.805. The molecule has 0 fully saturated rings. The van der Waals surface area contributed by atoms with Crippen molar-refractivity contribution in [2.45, 2.75) is 13.0 Å². The van der Waals surface area contributed by atoms with E-state index in [-0.39, 0.29) is 38.8 Å². The standard InChI is InChI=1S/C11H16N4O4/c1-9(15(5-3-13)8-11(18)19)6-14(4-2-12)7-10(16)17/h9H,4-8H2,1H3,(H,16,17)(H,18,19)/t9-/m1/s1. The Morgan fingerprint density at radius 2 is 1.63 bits per heavy atom. The zero-order chi connectivity index (χ0) is 14.8. The minimum absolute atomic E-state index is 0.0654. The van der Waals surface area contributed by atoms with Crippen molar-refractivity contribution in [3.05, 3.63) is 0 Å². The highest BCUT2D eigenvalue weighted by Gasteiger charge is 2.20. The molecule has 0 aromatic rings. The van der Waals surface area contributed by atoms with Gasteiger partial charge in [0.15, 0.2) is 0 Å². The zero-order valence-corrected chi connectivity index (χ0v) is 10.6. The third-order valence-electron chi connectivity index (χ3n) is 2.41. The highest BCUT2D eigenvalue weighted by atomic mass is 16.4. The van der Waals surface area contributed by atoms with E-state index in [9.17, 15) is 9.59 Å². The number of hydrogen-bond acceptors (Lipinski definition) is 6. The van der Waals surface area contributed by atoms with Crippen LogP contribution < -0.4 is 0 Å². The van der Waals surface area contributed by atoms with Crippen LogP contribution in [0.15, 0.2) is 0 Å². The van der Waals surface area contributed by atoms with E-state index in [4.69, 9.17) is 20.7 Å². The molecule has 0 aliphatic heterocycles. The van der Waals surface area contributed by atoms with E-state index in [1.807, 2.05) is 12.1 Å². The molecule has 8 heteroatoms. The van der Waals surface area contributed by atoms with E-state index < -0.39 is 11.9 Å². The normalized spacial score (nSPS) is 11.8. The fourth-order valence-corrected chi connectivity index (χ4v) is 1.60. The molecule has 0 saturated carbocycles. The van der Waals surface area contributed by atoms with Crippen LogP contribution in [0.2, 0.25) is 0 Å². The van der Waals surface area contributed by atoms with Crippen LogP contribution in [-0.4, -0.2) is 70.7 Å². The first-order valence-electron chi connectivity index (χ1n) is 5.54. The van der Waals surface area contributed by atoms with Gasteiger partial charge >= 0.3 is 11.9 Å². The smallest absolute Gasteiger partial charge is 0.317 e. The van der Waals surface area contributed by atoms with Crippen molar-refractivity contribution in [1.29, 1.82) is 10.5 Å². The van der Waals surface area contributed by atoms with Gasteiger partial charge in [0.1, 0.15) is 0 Å². The van der Waals surface area contributed by atoms with Crippen LogP contribution in [0.1, 0.15) is 6.92 Å². The van der Waals surface area contributed by atoms with Crippen molar-refractivity contribution in [2.24, 2.45) is 0 Å². The first-order valence-corrected chi connectivity index (χ1v) is 5.54. The first kappa shape index (κ1) is 16.8. The Hall–Kier alpha value is -2.16. The summed E-state index contributed by atoms with van der Waals surface area (Å²) in [6, 6.07) is 3.37. The molecule has 19 heavy (non-hydrogen) atoms. The fraction of sp³-hybridized carbons (Fsp3) is 0.636. The fourth-order valence-electron chi connectivity index (χ4n) is 1.60. The van der Waals surface area contributed by atoms with E-state index >= 15 is 0 Å². The van der Waals surface area contributed by atoms with E-state index in [1.54, 1.807) is 6.92 Å². The monoisotopic (exact) mass is 268 g/mol. The summed E-state index contributed by atoms with van der Waals surface area (Å²) in [6.07, 6.45) is 0. The lowest BCUT2D eigenvalue weighted by atomic mass is 10.2. The van der Waals surface area contributed by atoms with Gasteiger partial charge in [-0.15, -0.1) is 0 Å². The van der Waals surface area contributed by atoms with Crippen molar-refractivity contribution in [3.8, 4) is 12.1 Å². The maximum absolute atomic E-state index is 10.7. The SMILES string of the molecule is C[C@H](CN(CC#N)CC(=O)O)N(CC#N)CC(=O)O. The molecule has 0 rings (SSSR count). The molecule has 0 amide bonds. The molecule has 0 aliphatic rings. The number of carboxylic acids is 2. The van der Waals surface area contributed by atoms with Crippen molar-refractivity contribution >= 4 is 11.9 Å². The van der Waals surface area contributed by atoms with Crippen LogP contribution in [0.3, 0.4) is 0 Å². The molecule has 0 spiro atoms. The third-order valence-corrected chi connectivity index (χ3v) is 2.41. The Kier molecular flexibility index (Phi) is 7.85. The minimum atomic E-state index is -1.06. The largest absolute Gasteiger partial charge is 0.480 e. The number of rotatable bonds is 9. The molecule has 0 aliphatic carbocycles. The van der Waals surface area contributed by atoms with Gasteiger partial charge in [-0.3, -0.25) is 19.4 Å². The van der Waals surface area contributed by atoms with E-state index in [0.29, 0.717) is 0 Å². The van der Waals surface area contributed by atoms with Gasteiger partial charge in [-0.25, -0.2) is 0 Å². The second-order valence-electron chi connectivity index (χ2n) is 4.03. The Morgan fingerprint density at radius 3 is 2.05 bits per heavy atom. The molecule has 0 unspecified atom stereocenters. The molecular weight excluding hydrogens is 252 g/mol. The van der Waals surface area contributed by atoms with Gasteiger partial charge in [-0.05, 0) is 6.92 Å². The number of carboxylic acid groups (broad SMARTS) is 2. The summed E-state index contributed by atoms with van der Waals surface area (Å²) in [6.45, 7) is 1.15. The summed E-state index contributed by atoms with van der Waals surface area (Å²) in [5.74, 6) is -2.13. The lowest BCUT2D eigenvalue weighted by Gasteiger charge is -2.29. The maximum atomic E-state index is 10.7. The average Bonchev–Trinajstić information content (AvgIpc) is 2.27. The summed E-state index contributed by atoms with van der Waals surface area (Å²) >= 11 is 0. The van der Waals surface area contributed by atoms with Gasteiger partial charge < -0.3 is 10.2 Å². The highest BCUT2D eigenvalue weighted by molar-refractivity contribution is 5.69. The molecule has 8 nitrogen and oxygen atoms in total. The lowest BCUT2D eigenvalue weighted by molar-refractivity contribution is -0.140. The Bertz CT molecular complexity index is 398. The number of nitriles is 2. The summed E-state index contributed by atoms with van der Waals surface area (Å²) in [7, 11) is 0. The van der Waals surface area contributed by atoms with Crippen LogP contribution in [0.4, 0.5) is 0 Å². The van der Waals surface area contributed by atoms with E-state index in [2.05, 4.69) is 0 Å². The van der Waals surface area contributed by atoms with Gasteiger partial charge in [0, 0.05) is 12.6 Å². The number of carbonyl (C=O) groups is 2. The number of aliphatic carboxylic acids is 2. The molecule has 0 heterocycles. The Balaban J connectivity index is 4.60.